The van der Waals surface area contributed by atoms with Crippen LogP contribution in [0.15, 0.2) is 0 Å². The molecule has 0 atom stereocenters. The first-order chi connectivity index (χ1) is 6.16. The topological polar surface area (TPSA) is 60.4 Å². The van der Waals surface area contributed by atoms with E-state index in [0.29, 0.717) is 0 Å². The van der Waals surface area contributed by atoms with Crippen LogP contribution in [0.5, 0.6) is 0 Å². The summed E-state index contributed by atoms with van der Waals surface area (Å²) in [5.74, 6) is -6.47. The zero-order chi connectivity index (χ0) is 11.5. The van der Waals surface area contributed by atoms with Gasteiger partial charge >= 0.3 is 18.1 Å². The number of alkyl halides is 3. The van der Waals surface area contributed by atoms with E-state index in [1.807, 2.05) is 0 Å². The summed E-state index contributed by atoms with van der Waals surface area (Å²) in [7, 11) is 0. The van der Waals surface area contributed by atoms with E-state index in [0.717, 1.165) is 0 Å². The molecule has 4 nitrogen and oxygen atoms in total. The van der Waals surface area contributed by atoms with Crippen molar-refractivity contribution in [1.29, 1.82) is 0 Å². The Balaban J connectivity index is 4.36. The van der Waals surface area contributed by atoms with Crippen LogP contribution < -0.4 is 0 Å². The van der Waals surface area contributed by atoms with Gasteiger partial charge in [0.1, 0.15) is 0 Å². The van der Waals surface area contributed by atoms with Crippen molar-refractivity contribution in [3.63, 3.8) is 0 Å². The summed E-state index contributed by atoms with van der Waals surface area (Å²) < 4.78 is 37.9. The molecule has 0 heterocycles. The van der Waals surface area contributed by atoms with Crippen LogP contribution >= 0.6 is 0 Å². The fourth-order valence-corrected chi connectivity index (χ4v) is 0.428. The van der Waals surface area contributed by atoms with Crippen molar-refractivity contribution < 1.29 is 32.3 Å². The summed E-state index contributed by atoms with van der Waals surface area (Å²) >= 11 is 0. The van der Waals surface area contributed by atoms with Crippen LogP contribution in [0.3, 0.4) is 0 Å². The standard InChI is InChI=1S/C7H7F3O4/c1-3(2)4(11)5(12)14-6(13)7(8,9)10/h3H,1-2H3. The average Bonchev–Trinajstić information content (AvgIpc) is 2.00. The highest BCUT2D eigenvalue weighted by atomic mass is 19.4. The van der Waals surface area contributed by atoms with Gasteiger partial charge in [-0.3, -0.25) is 4.79 Å². The molecule has 0 aliphatic rings. The molecular formula is C7H7F3O4. The van der Waals surface area contributed by atoms with Crippen LogP contribution in [0.25, 0.3) is 0 Å². The molecule has 80 valence electrons. The normalized spacial score (nSPS) is 11.3. The first-order valence-electron chi connectivity index (χ1n) is 3.53. The highest BCUT2D eigenvalue weighted by Gasteiger charge is 2.43. The number of hydrogen-bond donors (Lipinski definition) is 0. The number of ether oxygens (including phenoxy) is 1. The number of rotatable bonds is 2. The summed E-state index contributed by atoms with van der Waals surface area (Å²) in [6, 6.07) is 0. The predicted molar refractivity (Wildman–Crippen MR) is 37.0 cm³/mol. The van der Waals surface area contributed by atoms with E-state index in [1.54, 1.807) is 0 Å². The van der Waals surface area contributed by atoms with Crippen molar-refractivity contribution in [1.82, 2.24) is 0 Å². The van der Waals surface area contributed by atoms with E-state index < -0.39 is 29.8 Å². The lowest BCUT2D eigenvalue weighted by molar-refractivity contribution is -0.202. The second kappa shape index (κ2) is 4.21. The molecule has 0 saturated heterocycles. The lowest BCUT2D eigenvalue weighted by Gasteiger charge is -2.05. The van der Waals surface area contributed by atoms with E-state index in [9.17, 15) is 27.6 Å². The predicted octanol–water partition coefficient (Wildman–Crippen LogP) is 0.844. The summed E-state index contributed by atoms with van der Waals surface area (Å²) in [4.78, 5) is 31.3. The van der Waals surface area contributed by atoms with Crippen molar-refractivity contribution in [3.8, 4) is 0 Å². The molecule has 0 fully saturated rings. The number of halogens is 3. The Morgan fingerprint density at radius 3 is 1.86 bits per heavy atom. The third kappa shape index (κ3) is 3.55. The van der Waals surface area contributed by atoms with Crippen molar-refractivity contribution in [2.75, 3.05) is 0 Å². The Hall–Kier alpha value is -1.40. The van der Waals surface area contributed by atoms with Gasteiger partial charge in [0.25, 0.3) is 0 Å². The Morgan fingerprint density at radius 1 is 1.14 bits per heavy atom. The SMILES string of the molecule is CC(C)C(=O)C(=O)OC(=O)C(F)(F)F. The fraction of sp³-hybridized carbons (Fsp3) is 0.571. The van der Waals surface area contributed by atoms with Crippen LogP contribution in [0.4, 0.5) is 13.2 Å². The fourth-order valence-electron chi connectivity index (χ4n) is 0.428. The van der Waals surface area contributed by atoms with Crippen LogP contribution in [-0.2, 0) is 19.1 Å². The van der Waals surface area contributed by atoms with E-state index in [4.69, 9.17) is 0 Å². The minimum absolute atomic E-state index is 0.816. The minimum Gasteiger partial charge on any atom is -0.380 e. The zero-order valence-corrected chi connectivity index (χ0v) is 7.34. The summed E-state index contributed by atoms with van der Waals surface area (Å²) in [5.41, 5.74) is 0. The van der Waals surface area contributed by atoms with E-state index >= 15 is 0 Å². The molecule has 0 aliphatic carbocycles. The molecule has 14 heavy (non-hydrogen) atoms. The maximum Gasteiger partial charge on any atom is 0.491 e. The largest absolute Gasteiger partial charge is 0.491 e. The Morgan fingerprint density at radius 2 is 1.57 bits per heavy atom. The number of ketones is 1. The lowest BCUT2D eigenvalue weighted by atomic mass is 10.1. The Kier molecular flexibility index (Phi) is 3.79. The minimum atomic E-state index is -5.27. The van der Waals surface area contributed by atoms with Gasteiger partial charge in [0.05, 0.1) is 0 Å². The third-order valence-electron chi connectivity index (χ3n) is 1.14. The first-order valence-corrected chi connectivity index (χ1v) is 3.53. The highest BCUT2D eigenvalue weighted by Crippen LogP contribution is 2.16. The van der Waals surface area contributed by atoms with Gasteiger partial charge in [0, 0.05) is 5.92 Å². The van der Waals surface area contributed by atoms with Gasteiger partial charge in [-0.1, -0.05) is 13.8 Å². The van der Waals surface area contributed by atoms with Gasteiger partial charge in [-0.15, -0.1) is 0 Å². The molecule has 0 aromatic carbocycles. The monoisotopic (exact) mass is 212 g/mol. The lowest BCUT2D eigenvalue weighted by Crippen LogP contribution is -2.32. The summed E-state index contributed by atoms with van der Waals surface area (Å²) in [6.45, 7) is 2.59. The van der Waals surface area contributed by atoms with Gasteiger partial charge in [-0.05, 0) is 0 Å². The second-order valence-electron chi connectivity index (χ2n) is 2.69. The smallest absolute Gasteiger partial charge is 0.380 e. The second-order valence-corrected chi connectivity index (χ2v) is 2.69. The molecule has 7 heteroatoms. The highest BCUT2D eigenvalue weighted by molar-refractivity contribution is 6.35. The molecule has 0 radical (unpaired) electrons. The van der Waals surface area contributed by atoms with Gasteiger partial charge in [0.15, 0.2) is 0 Å². The average molecular weight is 212 g/mol. The molecule has 0 unspecified atom stereocenters. The van der Waals surface area contributed by atoms with E-state index in [-0.39, 0.29) is 0 Å². The molecular weight excluding hydrogens is 205 g/mol. The zero-order valence-electron chi connectivity index (χ0n) is 7.34. The van der Waals surface area contributed by atoms with E-state index in [2.05, 4.69) is 4.74 Å². The molecule has 0 aromatic heterocycles. The van der Waals surface area contributed by atoms with E-state index in [1.165, 1.54) is 13.8 Å². The molecule has 0 aromatic rings. The number of Topliss-reactive ketones (excluding diaryl/α,β-unsaturated/α-hetero) is 1. The van der Waals surface area contributed by atoms with Crippen LogP contribution in [0.1, 0.15) is 13.8 Å². The van der Waals surface area contributed by atoms with Crippen molar-refractivity contribution >= 4 is 17.7 Å². The Labute approximate surface area is 77.0 Å². The van der Waals surface area contributed by atoms with Crippen molar-refractivity contribution in [2.45, 2.75) is 20.0 Å². The van der Waals surface area contributed by atoms with Crippen molar-refractivity contribution in [2.24, 2.45) is 5.92 Å². The van der Waals surface area contributed by atoms with Crippen LogP contribution in [-0.4, -0.2) is 23.9 Å². The number of esters is 2. The number of carbonyl (C=O) groups excluding carboxylic acids is 3. The molecule has 0 spiro atoms. The molecule has 0 rings (SSSR count). The van der Waals surface area contributed by atoms with Gasteiger partial charge in [-0.25, -0.2) is 9.59 Å². The van der Waals surface area contributed by atoms with Crippen LogP contribution in [0.2, 0.25) is 0 Å². The summed E-state index contributed by atoms with van der Waals surface area (Å²) in [5, 5.41) is 0. The van der Waals surface area contributed by atoms with Gasteiger partial charge in [0.2, 0.25) is 5.78 Å². The maximum absolute atomic E-state index is 11.5. The quantitative estimate of drug-likeness (QED) is 0.386. The molecule has 0 saturated carbocycles. The molecule has 0 bridgehead atoms. The molecule has 0 amide bonds. The van der Waals surface area contributed by atoms with Crippen LogP contribution in [0, 0.1) is 5.92 Å². The molecule has 0 N–H and O–H groups in total. The first kappa shape index (κ1) is 12.6. The maximum atomic E-state index is 11.5. The summed E-state index contributed by atoms with van der Waals surface area (Å²) in [6.07, 6.45) is -5.27. The third-order valence-corrected chi connectivity index (χ3v) is 1.14. The number of hydrogen-bond acceptors (Lipinski definition) is 4. The Bertz CT molecular complexity index is 267. The van der Waals surface area contributed by atoms with Crippen molar-refractivity contribution in [3.05, 3.63) is 0 Å². The van der Waals surface area contributed by atoms with Gasteiger partial charge < -0.3 is 4.74 Å². The van der Waals surface area contributed by atoms with Gasteiger partial charge in [-0.2, -0.15) is 13.2 Å². The number of carbonyl (C=O) groups is 3. The molecule has 0 aliphatic heterocycles.